The van der Waals surface area contributed by atoms with Crippen molar-refractivity contribution in [3.63, 3.8) is 0 Å². The van der Waals surface area contributed by atoms with E-state index in [9.17, 15) is 4.79 Å². The fraction of sp³-hybridized carbons (Fsp3) is 0.429. The van der Waals surface area contributed by atoms with E-state index in [0.717, 1.165) is 80.5 Å². The number of benzene rings is 2. The first-order valence-corrected chi connectivity index (χ1v) is 12.9. The number of H-pyrrole nitrogens is 1. The molecule has 1 aromatic heterocycles. The largest absolute Gasteiger partial charge is 0.488 e. The number of aromatic nitrogens is 2. The molecule has 3 aromatic rings. The van der Waals surface area contributed by atoms with Crippen LogP contribution in [-0.4, -0.2) is 77.9 Å². The van der Waals surface area contributed by atoms with Crippen LogP contribution in [-0.2, 0) is 16.0 Å². The van der Waals surface area contributed by atoms with Crippen molar-refractivity contribution in [2.45, 2.75) is 25.4 Å². The molecule has 4 heterocycles. The lowest BCUT2D eigenvalue weighted by atomic mass is 9.94. The molecule has 1 atom stereocenters. The maximum Gasteiger partial charge on any atom is 0.225 e. The van der Waals surface area contributed by atoms with Gasteiger partial charge in [0.2, 0.25) is 5.91 Å². The number of likely N-dealkylation sites (tertiary alicyclic amines) is 1. The number of carbonyl (C=O) groups is 1. The molecule has 1 amide bonds. The van der Waals surface area contributed by atoms with Gasteiger partial charge >= 0.3 is 0 Å². The molecule has 188 valence electrons. The highest BCUT2D eigenvalue weighted by molar-refractivity contribution is 5.79. The van der Waals surface area contributed by atoms with Crippen LogP contribution in [0.4, 0.5) is 0 Å². The second kappa shape index (κ2) is 10.3. The number of piperidine rings is 1. The second-order valence-electron chi connectivity index (χ2n) is 9.82. The molecule has 6 rings (SSSR count). The fourth-order valence-corrected chi connectivity index (χ4v) is 5.39. The maximum absolute atomic E-state index is 12.8. The number of hydrogen-bond donors (Lipinski definition) is 1. The molecule has 0 aliphatic carbocycles. The molecule has 0 radical (unpaired) electrons. The van der Waals surface area contributed by atoms with E-state index in [1.54, 1.807) is 6.20 Å². The smallest absolute Gasteiger partial charge is 0.225 e. The molecule has 0 bridgehead atoms. The Bertz CT molecular complexity index is 1170. The van der Waals surface area contributed by atoms with Crippen LogP contribution >= 0.6 is 0 Å². The number of amides is 1. The first kappa shape index (κ1) is 23.1. The first-order valence-electron chi connectivity index (χ1n) is 12.9. The van der Waals surface area contributed by atoms with Crippen LogP contribution in [0.25, 0.3) is 11.3 Å². The summed E-state index contributed by atoms with van der Waals surface area (Å²) in [5.74, 6) is 2.91. The number of fused-ring (bicyclic) bond motifs is 1. The molecular formula is C28H32N4O4. The zero-order chi connectivity index (χ0) is 24.3. The van der Waals surface area contributed by atoms with Gasteiger partial charge in [-0.25, -0.2) is 0 Å². The Morgan fingerprint density at radius 3 is 2.53 bits per heavy atom. The van der Waals surface area contributed by atoms with Crippen molar-refractivity contribution in [2.75, 3.05) is 45.9 Å². The third-order valence-electron chi connectivity index (χ3n) is 7.40. The number of nitrogens with one attached hydrogen (secondary N) is 1. The minimum absolute atomic E-state index is 0.135. The number of hydrogen-bond acceptors (Lipinski definition) is 6. The molecule has 0 spiro atoms. The Morgan fingerprint density at radius 2 is 1.78 bits per heavy atom. The number of nitrogens with zero attached hydrogens (tertiary/aromatic N) is 3. The average molecular weight is 489 g/mol. The predicted molar refractivity (Wildman–Crippen MR) is 135 cm³/mol. The van der Waals surface area contributed by atoms with Gasteiger partial charge in [-0.2, -0.15) is 5.10 Å². The van der Waals surface area contributed by atoms with Crippen molar-refractivity contribution in [1.82, 2.24) is 20.0 Å². The van der Waals surface area contributed by atoms with Crippen LogP contribution in [0.3, 0.4) is 0 Å². The van der Waals surface area contributed by atoms with Crippen molar-refractivity contribution >= 4 is 5.91 Å². The van der Waals surface area contributed by atoms with Crippen LogP contribution in [0, 0.1) is 5.92 Å². The average Bonchev–Trinajstić information content (AvgIpc) is 3.60. The number of carbonyl (C=O) groups excluding carboxylic acids is 1. The zero-order valence-corrected chi connectivity index (χ0v) is 20.4. The van der Waals surface area contributed by atoms with Crippen molar-refractivity contribution in [3.05, 3.63) is 60.3 Å². The van der Waals surface area contributed by atoms with E-state index >= 15 is 0 Å². The van der Waals surface area contributed by atoms with Crippen LogP contribution in [0.5, 0.6) is 17.2 Å². The highest BCUT2D eigenvalue weighted by Gasteiger charge is 2.32. The predicted octanol–water partition coefficient (Wildman–Crippen LogP) is 3.74. The van der Waals surface area contributed by atoms with Crippen molar-refractivity contribution < 1.29 is 19.0 Å². The molecule has 2 saturated heterocycles. The molecule has 36 heavy (non-hydrogen) atoms. The Balaban J connectivity index is 0.997. The summed E-state index contributed by atoms with van der Waals surface area (Å²) in [6.45, 7) is 5.56. The van der Waals surface area contributed by atoms with Gasteiger partial charge < -0.3 is 19.1 Å². The monoisotopic (exact) mass is 488 g/mol. The van der Waals surface area contributed by atoms with E-state index in [-0.39, 0.29) is 12.0 Å². The summed E-state index contributed by atoms with van der Waals surface area (Å²) in [5, 5.41) is 6.97. The standard InChI is InChI=1S/C28H32N4O4/c33-28(32-13-15-34-16-14-32)21-8-11-31(12-9-21)19-25-17-22-3-6-24(18-27(22)36-25)35-23-4-1-20(2-5-23)26-7-10-29-30-26/h1-7,10,18,21,25H,8-9,11-17,19H2,(H,29,30). The SMILES string of the molecule is O=C(C1CCN(CC2Cc3ccc(Oc4ccc(-c5ccn[nH]5)cc4)cc3O2)CC1)N1CCOCC1. The number of morpholine rings is 1. The van der Waals surface area contributed by atoms with E-state index in [1.165, 1.54) is 5.56 Å². The highest BCUT2D eigenvalue weighted by Crippen LogP contribution is 2.35. The zero-order valence-electron chi connectivity index (χ0n) is 20.4. The van der Waals surface area contributed by atoms with Gasteiger partial charge in [0.05, 0.1) is 18.9 Å². The van der Waals surface area contributed by atoms with Gasteiger partial charge in [0, 0.05) is 44.2 Å². The lowest BCUT2D eigenvalue weighted by Crippen LogP contribution is -2.47. The Kier molecular flexibility index (Phi) is 6.61. The summed E-state index contributed by atoms with van der Waals surface area (Å²) in [7, 11) is 0. The number of ether oxygens (including phenoxy) is 3. The van der Waals surface area contributed by atoms with Gasteiger partial charge in [-0.05, 0) is 73.5 Å². The number of rotatable bonds is 6. The third kappa shape index (κ3) is 5.10. The van der Waals surface area contributed by atoms with Crippen molar-refractivity contribution in [2.24, 2.45) is 5.92 Å². The van der Waals surface area contributed by atoms with Crippen molar-refractivity contribution in [3.8, 4) is 28.5 Å². The van der Waals surface area contributed by atoms with E-state index in [2.05, 4.69) is 21.2 Å². The van der Waals surface area contributed by atoms with Crippen molar-refractivity contribution in [1.29, 1.82) is 0 Å². The minimum atomic E-state index is 0.135. The summed E-state index contributed by atoms with van der Waals surface area (Å²) in [6.07, 6.45) is 4.63. The topological polar surface area (TPSA) is 79.9 Å². The van der Waals surface area contributed by atoms with Gasteiger partial charge in [-0.1, -0.05) is 6.07 Å². The molecule has 8 nitrogen and oxygen atoms in total. The van der Waals surface area contributed by atoms with Crippen LogP contribution in [0.2, 0.25) is 0 Å². The van der Waals surface area contributed by atoms with Gasteiger partial charge in [-0.3, -0.25) is 14.8 Å². The second-order valence-corrected chi connectivity index (χ2v) is 9.82. The van der Waals surface area contributed by atoms with Gasteiger partial charge in [0.25, 0.3) is 0 Å². The normalized spacial score (nSPS) is 20.7. The maximum atomic E-state index is 12.8. The molecule has 0 saturated carbocycles. The van der Waals surface area contributed by atoms with Crippen LogP contribution in [0.1, 0.15) is 18.4 Å². The van der Waals surface area contributed by atoms with E-state index in [4.69, 9.17) is 14.2 Å². The summed E-state index contributed by atoms with van der Waals surface area (Å²) in [4.78, 5) is 17.2. The summed E-state index contributed by atoms with van der Waals surface area (Å²) in [5.41, 5.74) is 3.26. The molecule has 3 aliphatic heterocycles. The number of aromatic amines is 1. The van der Waals surface area contributed by atoms with Gasteiger partial charge in [0.1, 0.15) is 23.4 Å². The lowest BCUT2D eigenvalue weighted by molar-refractivity contribution is -0.141. The van der Waals surface area contributed by atoms with Gasteiger partial charge in [0.15, 0.2) is 0 Å². The van der Waals surface area contributed by atoms with Crippen LogP contribution in [0.15, 0.2) is 54.7 Å². The summed E-state index contributed by atoms with van der Waals surface area (Å²) < 4.78 is 17.8. The highest BCUT2D eigenvalue weighted by atomic mass is 16.5. The van der Waals surface area contributed by atoms with E-state index < -0.39 is 0 Å². The molecular weight excluding hydrogens is 456 g/mol. The Morgan fingerprint density at radius 1 is 1.00 bits per heavy atom. The molecule has 1 N–H and O–H groups in total. The van der Waals surface area contributed by atoms with E-state index in [1.807, 2.05) is 47.4 Å². The van der Waals surface area contributed by atoms with E-state index in [0.29, 0.717) is 19.1 Å². The summed E-state index contributed by atoms with van der Waals surface area (Å²) in [6, 6.07) is 16.0. The lowest BCUT2D eigenvalue weighted by Gasteiger charge is -2.36. The molecule has 8 heteroatoms. The molecule has 3 aliphatic rings. The summed E-state index contributed by atoms with van der Waals surface area (Å²) >= 11 is 0. The van der Waals surface area contributed by atoms with Crippen LogP contribution < -0.4 is 9.47 Å². The Hall–Kier alpha value is -3.36. The Labute approximate surface area is 211 Å². The first-order chi connectivity index (χ1) is 17.7. The fourth-order valence-electron chi connectivity index (χ4n) is 5.39. The molecule has 2 fully saturated rings. The van der Waals surface area contributed by atoms with Gasteiger partial charge in [-0.15, -0.1) is 0 Å². The molecule has 2 aromatic carbocycles. The third-order valence-corrected chi connectivity index (χ3v) is 7.40. The molecule has 1 unspecified atom stereocenters. The quantitative estimate of drug-likeness (QED) is 0.570. The minimum Gasteiger partial charge on any atom is -0.488 e.